The Morgan fingerprint density at radius 2 is 2.18 bits per heavy atom. The first-order valence-corrected chi connectivity index (χ1v) is 7.25. The predicted octanol–water partition coefficient (Wildman–Crippen LogP) is 2.49. The molecule has 1 aromatic rings. The minimum absolute atomic E-state index is 0.541. The van der Waals surface area contributed by atoms with Gasteiger partial charge in [0.2, 0.25) is 5.88 Å². The summed E-state index contributed by atoms with van der Waals surface area (Å²) in [5, 5.41) is 3.50. The van der Waals surface area contributed by atoms with Crippen LogP contribution >= 0.6 is 11.8 Å². The normalized spacial score (nSPS) is 16.8. The second-order valence-corrected chi connectivity index (χ2v) is 5.34. The molecule has 0 saturated carbocycles. The van der Waals surface area contributed by atoms with Crippen molar-refractivity contribution < 1.29 is 4.74 Å². The van der Waals surface area contributed by atoms with Gasteiger partial charge < -0.3 is 10.1 Å². The van der Waals surface area contributed by atoms with Crippen LogP contribution in [0, 0.1) is 6.92 Å². The van der Waals surface area contributed by atoms with Crippen LogP contribution in [0.4, 0.5) is 5.82 Å². The average molecular weight is 253 g/mol. The molecule has 2 heterocycles. The van der Waals surface area contributed by atoms with Gasteiger partial charge in [0.1, 0.15) is 12.1 Å². The fourth-order valence-corrected chi connectivity index (χ4v) is 3.00. The Labute approximate surface area is 107 Å². The molecule has 1 fully saturated rings. The lowest BCUT2D eigenvalue weighted by Gasteiger charge is -2.24. The van der Waals surface area contributed by atoms with Gasteiger partial charge in [0.15, 0.2) is 0 Å². The molecule has 0 spiro atoms. The number of hydrogen-bond donors (Lipinski definition) is 1. The summed E-state index contributed by atoms with van der Waals surface area (Å²) in [6, 6.07) is 0.541. The molecule has 1 N–H and O–H groups in total. The Balaban J connectivity index is 2.06. The summed E-state index contributed by atoms with van der Waals surface area (Å²) in [5.41, 5.74) is 1.01. The lowest BCUT2D eigenvalue weighted by Crippen LogP contribution is -2.25. The van der Waals surface area contributed by atoms with Crippen molar-refractivity contribution in [2.75, 3.05) is 23.4 Å². The maximum atomic E-state index is 5.47. The minimum Gasteiger partial charge on any atom is -0.478 e. The zero-order valence-electron chi connectivity index (χ0n) is 10.4. The van der Waals surface area contributed by atoms with Crippen LogP contribution in [0.2, 0.25) is 0 Å². The van der Waals surface area contributed by atoms with Crippen molar-refractivity contribution in [1.82, 2.24) is 9.97 Å². The molecule has 1 aliphatic rings. The molecule has 5 heteroatoms. The molecular weight excluding hydrogens is 234 g/mol. The summed E-state index contributed by atoms with van der Waals surface area (Å²) >= 11 is 2.03. The molecule has 0 radical (unpaired) electrons. The van der Waals surface area contributed by atoms with Gasteiger partial charge in [-0.15, -0.1) is 0 Å². The van der Waals surface area contributed by atoms with Crippen LogP contribution in [0.1, 0.15) is 25.3 Å². The largest absolute Gasteiger partial charge is 0.478 e. The Hall–Kier alpha value is -0.970. The monoisotopic (exact) mass is 253 g/mol. The summed E-state index contributed by atoms with van der Waals surface area (Å²) < 4.78 is 5.47. The van der Waals surface area contributed by atoms with Crippen LogP contribution in [-0.2, 0) is 0 Å². The molecule has 0 aromatic carbocycles. The SMILES string of the molecule is CCOc1ncnc(NC2CCSCC2)c1C. The number of anilines is 1. The third-order valence-electron chi connectivity index (χ3n) is 2.88. The van der Waals surface area contributed by atoms with Crippen molar-refractivity contribution >= 4 is 17.6 Å². The van der Waals surface area contributed by atoms with E-state index in [1.54, 1.807) is 6.33 Å². The first-order valence-electron chi connectivity index (χ1n) is 6.10. The molecule has 1 aliphatic heterocycles. The van der Waals surface area contributed by atoms with Crippen LogP contribution in [0.15, 0.2) is 6.33 Å². The fraction of sp³-hybridized carbons (Fsp3) is 0.667. The second kappa shape index (κ2) is 6.10. The van der Waals surface area contributed by atoms with Gasteiger partial charge in [0.05, 0.1) is 12.2 Å². The number of thioether (sulfide) groups is 1. The van der Waals surface area contributed by atoms with E-state index >= 15 is 0 Å². The van der Waals surface area contributed by atoms with Gasteiger partial charge in [0.25, 0.3) is 0 Å². The highest BCUT2D eigenvalue weighted by Gasteiger charge is 2.16. The van der Waals surface area contributed by atoms with Gasteiger partial charge >= 0.3 is 0 Å². The van der Waals surface area contributed by atoms with Crippen molar-refractivity contribution in [1.29, 1.82) is 0 Å². The van der Waals surface area contributed by atoms with Gasteiger partial charge in [-0.2, -0.15) is 11.8 Å². The van der Waals surface area contributed by atoms with E-state index in [2.05, 4.69) is 15.3 Å². The number of ether oxygens (including phenoxy) is 1. The Bertz CT molecular complexity index is 367. The first kappa shape index (κ1) is 12.5. The van der Waals surface area contributed by atoms with Crippen molar-refractivity contribution in [2.24, 2.45) is 0 Å². The van der Waals surface area contributed by atoms with E-state index in [1.165, 1.54) is 24.3 Å². The number of rotatable bonds is 4. The van der Waals surface area contributed by atoms with Crippen LogP contribution in [-0.4, -0.2) is 34.1 Å². The molecule has 0 atom stereocenters. The third-order valence-corrected chi connectivity index (χ3v) is 3.93. The quantitative estimate of drug-likeness (QED) is 0.893. The second-order valence-electron chi connectivity index (χ2n) is 4.12. The molecule has 0 amide bonds. The summed E-state index contributed by atoms with van der Waals surface area (Å²) in [5.74, 6) is 4.08. The molecule has 2 rings (SSSR count). The lowest BCUT2D eigenvalue weighted by molar-refractivity contribution is 0.323. The number of nitrogens with zero attached hydrogens (tertiary/aromatic N) is 2. The topological polar surface area (TPSA) is 47.0 Å². The van der Waals surface area contributed by atoms with Gasteiger partial charge in [-0.1, -0.05) is 0 Å². The summed E-state index contributed by atoms with van der Waals surface area (Å²) in [7, 11) is 0. The highest BCUT2D eigenvalue weighted by Crippen LogP contribution is 2.24. The van der Waals surface area contributed by atoms with E-state index in [0.29, 0.717) is 18.5 Å². The Morgan fingerprint density at radius 1 is 1.41 bits per heavy atom. The number of nitrogens with one attached hydrogen (secondary N) is 1. The molecule has 0 bridgehead atoms. The van der Waals surface area contributed by atoms with Crippen LogP contribution in [0.25, 0.3) is 0 Å². The van der Waals surface area contributed by atoms with Gasteiger partial charge in [-0.3, -0.25) is 0 Å². The molecule has 1 saturated heterocycles. The summed E-state index contributed by atoms with van der Waals surface area (Å²) in [4.78, 5) is 8.45. The zero-order chi connectivity index (χ0) is 12.1. The maximum Gasteiger partial charge on any atom is 0.221 e. The van der Waals surface area contributed by atoms with E-state index in [1.807, 2.05) is 25.6 Å². The third kappa shape index (κ3) is 3.25. The Morgan fingerprint density at radius 3 is 2.88 bits per heavy atom. The summed E-state index contributed by atoms with van der Waals surface area (Å²) in [6.07, 6.45) is 3.98. The average Bonchev–Trinajstić information content (AvgIpc) is 2.36. The molecule has 17 heavy (non-hydrogen) atoms. The first-order chi connectivity index (χ1) is 8.31. The predicted molar refractivity (Wildman–Crippen MR) is 71.9 cm³/mol. The molecule has 94 valence electrons. The van der Waals surface area contributed by atoms with E-state index < -0.39 is 0 Å². The van der Waals surface area contributed by atoms with E-state index in [-0.39, 0.29) is 0 Å². The highest BCUT2D eigenvalue weighted by molar-refractivity contribution is 7.99. The standard InChI is InChI=1S/C12H19N3OS/c1-3-16-12-9(2)11(13-8-14-12)15-10-4-6-17-7-5-10/h8,10H,3-7H2,1-2H3,(H,13,14,15). The van der Waals surface area contributed by atoms with Crippen molar-refractivity contribution in [3.05, 3.63) is 11.9 Å². The van der Waals surface area contributed by atoms with Crippen molar-refractivity contribution in [2.45, 2.75) is 32.7 Å². The Kier molecular flexibility index (Phi) is 4.48. The number of aromatic nitrogens is 2. The van der Waals surface area contributed by atoms with Crippen LogP contribution in [0.5, 0.6) is 5.88 Å². The molecule has 1 aromatic heterocycles. The highest BCUT2D eigenvalue weighted by atomic mass is 32.2. The van der Waals surface area contributed by atoms with Crippen LogP contribution < -0.4 is 10.1 Å². The smallest absolute Gasteiger partial charge is 0.221 e. The zero-order valence-corrected chi connectivity index (χ0v) is 11.2. The number of hydrogen-bond acceptors (Lipinski definition) is 5. The van der Waals surface area contributed by atoms with Crippen molar-refractivity contribution in [3.8, 4) is 5.88 Å². The molecule has 0 unspecified atom stereocenters. The molecule has 4 nitrogen and oxygen atoms in total. The van der Waals surface area contributed by atoms with Gasteiger partial charge in [0, 0.05) is 6.04 Å². The molecule has 0 aliphatic carbocycles. The van der Waals surface area contributed by atoms with E-state index in [0.717, 1.165) is 11.4 Å². The van der Waals surface area contributed by atoms with Gasteiger partial charge in [-0.05, 0) is 38.2 Å². The van der Waals surface area contributed by atoms with Crippen molar-refractivity contribution in [3.63, 3.8) is 0 Å². The maximum absolute atomic E-state index is 5.47. The summed E-state index contributed by atoms with van der Waals surface area (Å²) in [6.45, 7) is 4.61. The molecular formula is C12H19N3OS. The van der Waals surface area contributed by atoms with E-state index in [4.69, 9.17) is 4.74 Å². The minimum atomic E-state index is 0.541. The van der Waals surface area contributed by atoms with E-state index in [9.17, 15) is 0 Å². The van der Waals surface area contributed by atoms with Crippen LogP contribution in [0.3, 0.4) is 0 Å². The lowest BCUT2D eigenvalue weighted by atomic mass is 10.1. The fourth-order valence-electron chi connectivity index (χ4n) is 1.90. The van der Waals surface area contributed by atoms with Gasteiger partial charge in [-0.25, -0.2) is 9.97 Å².